The standard InChI is InChI=1S/C12H15BrO/c1-9-5-4-6-10(11(9)13)12(14)7-2-3-8-12/h4-6,14H,2-3,7-8H2,1H3. The Labute approximate surface area is 93.3 Å². The summed E-state index contributed by atoms with van der Waals surface area (Å²) in [6.07, 6.45) is 4.07. The summed E-state index contributed by atoms with van der Waals surface area (Å²) in [7, 11) is 0. The number of hydrogen-bond donors (Lipinski definition) is 1. The van der Waals surface area contributed by atoms with Gasteiger partial charge in [-0.3, -0.25) is 0 Å². The van der Waals surface area contributed by atoms with E-state index in [1.54, 1.807) is 0 Å². The zero-order chi connectivity index (χ0) is 10.2. The monoisotopic (exact) mass is 254 g/mol. The largest absolute Gasteiger partial charge is 0.385 e. The number of halogens is 1. The van der Waals surface area contributed by atoms with Crippen LogP contribution in [-0.4, -0.2) is 5.11 Å². The van der Waals surface area contributed by atoms with Crippen LogP contribution in [-0.2, 0) is 5.60 Å². The predicted molar refractivity (Wildman–Crippen MR) is 61.2 cm³/mol. The molecule has 0 bridgehead atoms. The zero-order valence-corrected chi connectivity index (χ0v) is 9.97. The van der Waals surface area contributed by atoms with Gasteiger partial charge in [0.2, 0.25) is 0 Å². The Kier molecular flexibility index (Phi) is 2.67. The van der Waals surface area contributed by atoms with E-state index in [4.69, 9.17) is 0 Å². The molecule has 1 fully saturated rings. The summed E-state index contributed by atoms with van der Waals surface area (Å²) < 4.78 is 1.07. The third-order valence-electron chi connectivity index (χ3n) is 3.12. The van der Waals surface area contributed by atoms with E-state index in [9.17, 15) is 5.11 Å². The van der Waals surface area contributed by atoms with Crippen molar-refractivity contribution in [3.63, 3.8) is 0 Å². The van der Waals surface area contributed by atoms with E-state index >= 15 is 0 Å². The molecule has 0 atom stereocenters. The van der Waals surface area contributed by atoms with Gasteiger partial charge in [0.05, 0.1) is 5.60 Å². The average molecular weight is 255 g/mol. The van der Waals surface area contributed by atoms with Crippen molar-refractivity contribution in [3.8, 4) is 0 Å². The number of aryl methyl sites for hydroxylation is 1. The highest BCUT2D eigenvalue weighted by Crippen LogP contribution is 2.42. The lowest BCUT2D eigenvalue weighted by molar-refractivity contribution is 0.0437. The van der Waals surface area contributed by atoms with E-state index in [0.29, 0.717) is 0 Å². The fourth-order valence-corrected chi connectivity index (χ4v) is 2.87. The smallest absolute Gasteiger partial charge is 0.0907 e. The van der Waals surface area contributed by atoms with Crippen LogP contribution in [0.2, 0.25) is 0 Å². The third-order valence-corrected chi connectivity index (χ3v) is 4.18. The van der Waals surface area contributed by atoms with Gasteiger partial charge in [-0.05, 0) is 30.9 Å². The Hall–Kier alpha value is -0.340. The van der Waals surface area contributed by atoms with Gasteiger partial charge >= 0.3 is 0 Å². The molecule has 1 aromatic rings. The number of benzene rings is 1. The van der Waals surface area contributed by atoms with E-state index in [2.05, 4.69) is 28.9 Å². The van der Waals surface area contributed by atoms with Crippen molar-refractivity contribution in [2.45, 2.75) is 38.2 Å². The van der Waals surface area contributed by atoms with Crippen LogP contribution in [0, 0.1) is 6.92 Å². The lowest BCUT2D eigenvalue weighted by Crippen LogP contribution is -2.21. The lowest BCUT2D eigenvalue weighted by Gasteiger charge is -2.24. The second-order valence-electron chi connectivity index (χ2n) is 4.18. The molecule has 0 radical (unpaired) electrons. The highest BCUT2D eigenvalue weighted by molar-refractivity contribution is 9.10. The quantitative estimate of drug-likeness (QED) is 0.814. The molecule has 1 aliphatic rings. The van der Waals surface area contributed by atoms with Crippen molar-refractivity contribution < 1.29 is 5.11 Å². The van der Waals surface area contributed by atoms with Crippen molar-refractivity contribution in [1.29, 1.82) is 0 Å². The van der Waals surface area contributed by atoms with Crippen LogP contribution in [0.25, 0.3) is 0 Å². The summed E-state index contributed by atoms with van der Waals surface area (Å²) in [6, 6.07) is 6.11. The maximum Gasteiger partial charge on any atom is 0.0907 e. The highest BCUT2D eigenvalue weighted by atomic mass is 79.9. The first-order valence-electron chi connectivity index (χ1n) is 5.11. The summed E-state index contributed by atoms with van der Waals surface area (Å²) in [4.78, 5) is 0. The van der Waals surface area contributed by atoms with Gasteiger partial charge in [-0.15, -0.1) is 0 Å². The van der Waals surface area contributed by atoms with Crippen LogP contribution in [0.4, 0.5) is 0 Å². The first-order chi connectivity index (χ1) is 6.63. The van der Waals surface area contributed by atoms with E-state index in [1.165, 1.54) is 5.56 Å². The molecule has 0 amide bonds. The minimum Gasteiger partial charge on any atom is -0.385 e. The minimum atomic E-state index is -0.579. The molecule has 2 heteroatoms. The Morgan fingerprint density at radius 1 is 1.29 bits per heavy atom. The van der Waals surface area contributed by atoms with Crippen LogP contribution in [0.5, 0.6) is 0 Å². The molecule has 1 aromatic carbocycles. The Morgan fingerprint density at radius 3 is 2.57 bits per heavy atom. The van der Waals surface area contributed by atoms with Crippen LogP contribution < -0.4 is 0 Å². The van der Waals surface area contributed by atoms with E-state index in [-0.39, 0.29) is 0 Å². The van der Waals surface area contributed by atoms with Gasteiger partial charge < -0.3 is 5.11 Å². The molecule has 0 spiro atoms. The van der Waals surface area contributed by atoms with Gasteiger partial charge in [0.15, 0.2) is 0 Å². The molecular formula is C12H15BrO. The molecule has 0 aromatic heterocycles. The van der Waals surface area contributed by atoms with Gasteiger partial charge in [0.25, 0.3) is 0 Å². The molecular weight excluding hydrogens is 240 g/mol. The second-order valence-corrected chi connectivity index (χ2v) is 4.97. The Balaban J connectivity index is 2.45. The third kappa shape index (κ3) is 1.61. The molecule has 1 aliphatic carbocycles. The summed E-state index contributed by atoms with van der Waals surface area (Å²) in [5, 5.41) is 10.4. The molecule has 0 heterocycles. The second kappa shape index (κ2) is 3.67. The molecule has 14 heavy (non-hydrogen) atoms. The van der Waals surface area contributed by atoms with Gasteiger partial charge in [0, 0.05) is 4.47 Å². The van der Waals surface area contributed by atoms with Crippen molar-refractivity contribution in [2.24, 2.45) is 0 Å². The summed E-state index contributed by atoms with van der Waals surface area (Å²) >= 11 is 3.57. The normalized spacial score (nSPS) is 19.9. The van der Waals surface area contributed by atoms with Crippen molar-refractivity contribution in [3.05, 3.63) is 33.8 Å². The molecule has 1 N–H and O–H groups in total. The Morgan fingerprint density at radius 2 is 1.93 bits per heavy atom. The zero-order valence-electron chi connectivity index (χ0n) is 8.39. The molecule has 1 nitrogen and oxygen atoms in total. The maximum atomic E-state index is 10.4. The van der Waals surface area contributed by atoms with E-state index in [1.807, 2.05) is 12.1 Å². The lowest BCUT2D eigenvalue weighted by atomic mass is 9.91. The van der Waals surface area contributed by atoms with Gasteiger partial charge in [-0.2, -0.15) is 0 Å². The number of rotatable bonds is 1. The van der Waals surface area contributed by atoms with Crippen LogP contribution >= 0.6 is 15.9 Å². The topological polar surface area (TPSA) is 20.2 Å². The molecule has 1 saturated carbocycles. The van der Waals surface area contributed by atoms with E-state index in [0.717, 1.165) is 35.7 Å². The summed E-state index contributed by atoms with van der Waals surface area (Å²) in [5.74, 6) is 0. The SMILES string of the molecule is Cc1cccc(C2(O)CCCC2)c1Br. The maximum absolute atomic E-state index is 10.4. The average Bonchev–Trinajstić information content (AvgIpc) is 2.58. The van der Waals surface area contributed by atoms with Crippen molar-refractivity contribution >= 4 is 15.9 Å². The minimum absolute atomic E-state index is 0.579. The highest BCUT2D eigenvalue weighted by Gasteiger charge is 2.34. The molecule has 76 valence electrons. The fourth-order valence-electron chi connectivity index (χ4n) is 2.24. The molecule has 2 rings (SSSR count). The number of hydrogen-bond acceptors (Lipinski definition) is 1. The molecule has 0 aliphatic heterocycles. The fraction of sp³-hybridized carbons (Fsp3) is 0.500. The van der Waals surface area contributed by atoms with Crippen molar-refractivity contribution in [1.82, 2.24) is 0 Å². The Bertz CT molecular complexity index is 340. The molecule has 0 unspecified atom stereocenters. The van der Waals surface area contributed by atoms with Crippen LogP contribution in [0.15, 0.2) is 22.7 Å². The summed E-state index contributed by atoms with van der Waals surface area (Å²) in [5.41, 5.74) is 1.68. The van der Waals surface area contributed by atoms with Gasteiger partial charge in [-0.25, -0.2) is 0 Å². The predicted octanol–water partition coefficient (Wildman–Crippen LogP) is 3.52. The summed E-state index contributed by atoms with van der Waals surface area (Å²) in [6.45, 7) is 2.06. The van der Waals surface area contributed by atoms with Gasteiger partial charge in [-0.1, -0.05) is 47.0 Å². The van der Waals surface area contributed by atoms with Crippen LogP contribution in [0.1, 0.15) is 36.8 Å². The van der Waals surface area contributed by atoms with Gasteiger partial charge in [0.1, 0.15) is 0 Å². The first kappa shape index (κ1) is 10.2. The first-order valence-corrected chi connectivity index (χ1v) is 5.91. The van der Waals surface area contributed by atoms with Crippen LogP contribution in [0.3, 0.4) is 0 Å². The van der Waals surface area contributed by atoms with Crippen molar-refractivity contribution in [2.75, 3.05) is 0 Å². The number of aliphatic hydroxyl groups is 1. The van der Waals surface area contributed by atoms with E-state index < -0.39 is 5.60 Å². The molecule has 0 saturated heterocycles.